The maximum absolute atomic E-state index is 13.6. The van der Waals surface area contributed by atoms with Crippen molar-refractivity contribution in [3.05, 3.63) is 69.2 Å². The summed E-state index contributed by atoms with van der Waals surface area (Å²) in [6.45, 7) is 3.43. The number of halogens is 2. The number of hydrazine groups is 1. The van der Waals surface area contributed by atoms with E-state index in [1.54, 1.807) is 24.3 Å². The van der Waals surface area contributed by atoms with Crippen LogP contribution in [0.1, 0.15) is 58.9 Å². The fourth-order valence-corrected chi connectivity index (χ4v) is 4.93. The maximum Gasteiger partial charge on any atom is 0.273 e. The standard InChI is InChI=1S/C25H24Cl2N2O4/c1-14-7-9-16(10-8-14)22(30)15(2)28(23(31)17-11-12-20(26)21(27)13-17)29-24(32)18-5-3-4-6-19(18)25(29)33/h7-13,15,18-19H,3-6H2,1-2H3/t15-,18-,19+/m1/s1. The van der Waals surface area contributed by atoms with Gasteiger partial charge in [-0.15, -0.1) is 0 Å². The molecule has 0 aromatic heterocycles. The molecule has 33 heavy (non-hydrogen) atoms. The molecular weight excluding hydrogens is 463 g/mol. The van der Waals surface area contributed by atoms with Crippen molar-refractivity contribution in [3.63, 3.8) is 0 Å². The molecule has 3 atom stereocenters. The van der Waals surface area contributed by atoms with Crippen molar-refractivity contribution in [1.82, 2.24) is 10.0 Å². The largest absolute Gasteiger partial charge is 0.292 e. The Labute approximate surface area is 202 Å². The molecule has 6 nitrogen and oxygen atoms in total. The number of amides is 3. The molecule has 8 heteroatoms. The van der Waals surface area contributed by atoms with E-state index in [0.717, 1.165) is 28.4 Å². The smallest absolute Gasteiger partial charge is 0.273 e. The highest BCUT2D eigenvalue weighted by Gasteiger charge is 2.53. The van der Waals surface area contributed by atoms with Crippen LogP contribution in [0.25, 0.3) is 0 Å². The molecule has 3 amide bonds. The van der Waals surface area contributed by atoms with Gasteiger partial charge in [0.05, 0.1) is 21.9 Å². The molecule has 1 aliphatic carbocycles. The van der Waals surface area contributed by atoms with E-state index in [0.29, 0.717) is 18.4 Å². The van der Waals surface area contributed by atoms with Crippen LogP contribution in [0.4, 0.5) is 0 Å². The number of carbonyl (C=O) groups is 4. The van der Waals surface area contributed by atoms with Gasteiger partial charge >= 0.3 is 0 Å². The van der Waals surface area contributed by atoms with Crippen molar-refractivity contribution in [1.29, 1.82) is 0 Å². The normalized spacial score (nSPS) is 21.0. The monoisotopic (exact) mass is 486 g/mol. The van der Waals surface area contributed by atoms with E-state index < -0.39 is 35.6 Å². The quantitative estimate of drug-likeness (QED) is 0.434. The van der Waals surface area contributed by atoms with Gasteiger partial charge in [0.25, 0.3) is 17.7 Å². The molecule has 1 aliphatic heterocycles. The van der Waals surface area contributed by atoms with Gasteiger partial charge in [-0.2, -0.15) is 5.01 Å². The number of imide groups is 1. The molecule has 0 unspecified atom stereocenters. The molecule has 0 bridgehead atoms. The fraction of sp³-hybridized carbons (Fsp3) is 0.360. The van der Waals surface area contributed by atoms with Gasteiger partial charge in [0.2, 0.25) is 0 Å². The molecule has 1 heterocycles. The molecule has 1 saturated heterocycles. The lowest BCUT2D eigenvalue weighted by Crippen LogP contribution is -2.56. The van der Waals surface area contributed by atoms with Crippen LogP contribution < -0.4 is 0 Å². The van der Waals surface area contributed by atoms with Crippen molar-refractivity contribution in [2.75, 3.05) is 0 Å². The van der Waals surface area contributed by atoms with Gasteiger partial charge in [-0.1, -0.05) is 65.9 Å². The zero-order valence-electron chi connectivity index (χ0n) is 18.4. The minimum atomic E-state index is -1.09. The number of aryl methyl sites for hydroxylation is 1. The second-order valence-corrected chi connectivity index (χ2v) is 9.48. The molecule has 1 saturated carbocycles. The third-order valence-corrected chi connectivity index (χ3v) is 7.23. The predicted molar refractivity (Wildman–Crippen MR) is 125 cm³/mol. The van der Waals surface area contributed by atoms with Gasteiger partial charge in [-0.05, 0) is 44.9 Å². The molecule has 2 aliphatic rings. The first-order valence-electron chi connectivity index (χ1n) is 11.0. The lowest BCUT2D eigenvalue weighted by molar-refractivity contribution is -0.156. The van der Waals surface area contributed by atoms with Gasteiger partial charge in [0.1, 0.15) is 6.04 Å². The number of Topliss-reactive ketones (excluding diaryl/α,β-unsaturated/α-hetero) is 1. The van der Waals surface area contributed by atoms with Gasteiger partial charge in [-0.3, -0.25) is 19.2 Å². The number of hydrogen-bond donors (Lipinski definition) is 0. The highest BCUT2D eigenvalue weighted by molar-refractivity contribution is 6.42. The molecular formula is C25H24Cl2N2O4. The van der Waals surface area contributed by atoms with Crippen molar-refractivity contribution in [2.45, 2.75) is 45.6 Å². The van der Waals surface area contributed by atoms with E-state index in [9.17, 15) is 19.2 Å². The van der Waals surface area contributed by atoms with Crippen molar-refractivity contribution in [2.24, 2.45) is 11.8 Å². The third-order valence-electron chi connectivity index (χ3n) is 6.49. The second-order valence-electron chi connectivity index (χ2n) is 8.67. The van der Waals surface area contributed by atoms with Gasteiger partial charge < -0.3 is 0 Å². The van der Waals surface area contributed by atoms with E-state index >= 15 is 0 Å². The van der Waals surface area contributed by atoms with Crippen LogP contribution in [-0.2, 0) is 9.59 Å². The van der Waals surface area contributed by atoms with Crippen LogP contribution in [-0.4, -0.2) is 39.6 Å². The molecule has 0 N–H and O–H groups in total. The van der Waals surface area contributed by atoms with E-state index in [1.807, 2.05) is 6.92 Å². The fourth-order valence-electron chi connectivity index (χ4n) is 4.63. The SMILES string of the molecule is Cc1ccc(C(=O)[C@@H](C)N(C(=O)c2ccc(Cl)c(Cl)c2)N2C(=O)[C@H]3CCCC[C@H]3C2=O)cc1. The van der Waals surface area contributed by atoms with E-state index in [1.165, 1.54) is 25.1 Å². The van der Waals surface area contributed by atoms with Crippen LogP contribution in [0.3, 0.4) is 0 Å². The van der Waals surface area contributed by atoms with Crippen LogP contribution in [0, 0.1) is 18.8 Å². The first-order chi connectivity index (χ1) is 15.7. The molecule has 0 spiro atoms. The molecule has 2 fully saturated rings. The van der Waals surface area contributed by atoms with Crippen molar-refractivity contribution < 1.29 is 19.2 Å². The molecule has 4 rings (SSSR count). The number of hydrogen-bond acceptors (Lipinski definition) is 4. The Hall–Kier alpha value is -2.70. The first kappa shape index (κ1) is 23.5. The summed E-state index contributed by atoms with van der Waals surface area (Å²) in [4.78, 5) is 53.6. The zero-order chi connectivity index (χ0) is 23.9. The van der Waals surface area contributed by atoms with Crippen LogP contribution in [0.15, 0.2) is 42.5 Å². The number of ketones is 1. The second kappa shape index (κ2) is 9.27. The van der Waals surface area contributed by atoms with Crippen LogP contribution in [0.5, 0.6) is 0 Å². The topological polar surface area (TPSA) is 74.8 Å². The number of benzene rings is 2. The lowest BCUT2D eigenvalue weighted by Gasteiger charge is -2.34. The molecule has 2 aromatic rings. The Morgan fingerprint density at radius 1 is 0.909 bits per heavy atom. The third kappa shape index (κ3) is 4.30. The minimum absolute atomic E-state index is 0.128. The maximum atomic E-state index is 13.6. The van der Waals surface area contributed by atoms with Crippen LogP contribution in [0.2, 0.25) is 10.0 Å². The summed E-state index contributed by atoms with van der Waals surface area (Å²) in [5, 5.41) is 2.34. The number of carbonyl (C=O) groups excluding carboxylic acids is 4. The summed E-state index contributed by atoms with van der Waals surface area (Å²) in [6, 6.07) is 10.1. The minimum Gasteiger partial charge on any atom is -0.292 e. The summed E-state index contributed by atoms with van der Waals surface area (Å²) in [5.41, 5.74) is 1.50. The van der Waals surface area contributed by atoms with Gasteiger partial charge in [0.15, 0.2) is 5.78 Å². The first-order valence-corrected chi connectivity index (χ1v) is 11.7. The van der Waals surface area contributed by atoms with Crippen molar-refractivity contribution in [3.8, 4) is 0 Å². The Morgan fingerprint density at radius 2 is 1.45 bits per heavy atom. The molecule has 172 valence electrons. The van der Waals surface area contributed by atoms with E-state index in [4.69, 9.17) is 23.2 Å². The Bertz CT molecular complexity index is 1110. The molecule has 2 aromatic carbocycles. The number of fused-ring (bicyclic) bond motifs is 1. The Morgan fingerprint density at radius 3 is 2.00 bits per heavy atom. The van der Waals surface area contributed by atoms with Crippen LogP contribution >= 0.6 is 23.2 Å². The van der Waals surface area contributed by atoms with E-state index in [-0.39, 0.29) is 21.4 Å². The highest BCUT2D eigenvalue weighted by Crippen LogP contribution is 2.39. The average Bonchev–Trinajstić information content (AvgIpc) is 3.06. The Balaban J connectivity index is 1.76. The van der Waals surface area contributed by atoms with Gasteiger partial charge in [0, 0.05) is 11.1 Å². The van der Waals surface area contributed by atoms with E-state index in [2.05, 4.69) is 0 Å². The molecule has 0 radical (unpaired) electrons. The zero-order valence-corrected chi connectivity index (χ0v) is 19.9. The van der Waals surface area contributed by atoms with Gasteiger partial charge in [-0.25, -0.2) is 5.01 Å². The highest BCUT2D eigenvalue weighted by atomic mass is 35.5. The number of nitrogens with zero attached hydrogens (tertiary/aromatic N) is 2. The van der Waals surface area contributed by atoms with Crippen molar-refractivity contribution >= 4 is 46.7 Å². The summed E-state index contributed by atoms with van der Waals surface area (Å²) in [7, 11) is 0. The summed E-state index contributed by atoms with van der Waals surface area (Å²) in [5.74, 6) is -2.82. The predicted octanol–water partition coefficient (Wildman–Crippen LogP) is 5.11. The summed E-state index contributed by atoms with van der Waals surface area (Å²) in [6.07, 6.45) is 2.90. The number of rotatable bonds is 5. The summed E-state index contributed by atoms with van der Waals surface area (Å²) < 4.78 is 0. The lowest BCUT2D eigenvalue weighted by atomic mass is 9.81. The average molecular weight is 487 g/mol. The Kier molecular flexibility index (Phi) is 6.59. The summed E-state index contributed by atoms with van der Waals surface area (Å²) >= 11 is 12.1.